The quantitative estimate of drug-likeness (QED) is 0.897. The van der Waals surface area contributed by atoms with Crippen LogP contribution < -0.4 is 0 Å². The van der Waals surface area contributed by atoms with Gasteiger partial charge in [0.1, 0.15) is 5.75 Å². The van der Waals surface area contributed by atoms with Crippen LogP contribution in [-0.2, 0) is 16.0 Å². The fourth-order valence-electron chi connectivity index (χ4n) is 4.09. The van der Waals surface area contributed by atoms with Gasteiger partial charge in [-0.25, -0.2) is 0 Å². The van der Waals surface area contributed by atoms with Gasteiger partial charge in [0.05, 0.1) is 11.4 Å². The molecule has 2 fully saturated rings. The summed E-state index contributed by atoms with van der Waals surface area (Å²) in [6.07, 6.45) is 3.80. The maximum absolute atomic E-state index is 12.7. The van der Waals surface area contributed by atoms with Gasteiger partial charge in [0.15, 0.2) is 0 Å². The second-order valence-corrected chi connectivity index (χ2v) is 7.70. The third-order valence-electron chi connectivity index (χ3n) is 5.51. The molecule has 2 aliphatic heterocycles. The molecular weight excluding hydrogens is 340 g/mol. The van der Waals surface area contributed by atoms with Crippen LogP contribution in [0.1, 0.15) is 38.2 Å². The molecule has 0 radical (unpaired) electrons. The van der Waals surface area contributed by atoms with E-state index in [1.165, 1.54) is 6.07 Å². The second kappa shape index (κ2) is 7.24. The highest BCUT2D eigenvalue weighted by Crippen LogP contribution is 2.39. The Balaban J connectivity index is 1.67. The molecule has 2 saturated heterocycles. The first-order valence-electron chi connectivity index (χ1n) is 8.95. The molecule has 5 nitrogen and oxygen atoms in total. The van der Waals surface area contributed by atoms with Crippen molar-refractivity contribution in [3.05, 3.63) is 28.8 Å². The average molecular weight is 365 g/mol. The van der Waals surface area contributed by atoms with Crippen LogP contribution in [0.3, 0.4) is 0 Å². The van der Waals surface area contributed by atoms with E-state index in [4.69, 9.17) is 11.6 Å². The zero-order chi connectivity index (χ0) is 18.0. The Kier molecular flexibility index (Phi) is 5.23. The highest BCUT2D eigenvalue weighted by atomic mass is 35.5. The Labute approximate surface area is 153 Å². The van der Waals surface area contributed by atoms with Crippen molar-refractivity contribution in [2.24, 2.45) is 5.41 Å². The predicted octanol–water partition coefficient (Wildman–Crippen LogP) is 2.84. The van der Waals surface area contributed by atoms with Crippen LogP contribution in [0.5, 0.6) is 5.75 Å². The van der Waals surface area contributed by atoms with E-state index in [0.717, 1.165) is 51.0 Å². The van der Waals surface area contributed by atoms with E-state index in [9.17, 15) is 14.7 Å². The molecule has 3 rings (SSSR count). The van der Waals surface area contributed by atoms with E-state index in [0.29, 0.717) is 6.42 Å². The number of carbonyl (C=O) groups is 2. The monoisotopic (exact) mass is 364 g/mol. The van der Waals surface area contributed by atoms with Crippen LogP contribution in [-0.4, -0.2) is 52.9 Å². The Bertz CT molecular complexity index is 679. The maximum Gasteiger partial charge on any atom is 0.227 e. The van der Waals surface area contributed by atoms with Crippen molar-refractivity contribution in [3.8, 4) is 5.75 Å². The van der Waals surface area contributed by atoms with Crippen molar-refractivity contribution in [1.82, 2.24) is 9.80 Å². The molecule has 1 unspecified atom stereocenters. The highest BCUT2D eigenvalue weighted by Gasteiger charge is 2.42. The lowest BCUT2D eigenvalue weighted by atomic mass is 9.73. The topological polar surface area (TPSA) is 60.9 Å². The smallest absolute Gasteiger partial charge is 0.227 e. The van der Waals surface area contributed by atoms with Crippen LogP contribution in [0.2, 0.25) is 5.02 Å². The molecule has 2 amide bonds. The lowest BCUT2D eigenvalue weighted by Gasteiger charge is -2.48. The Morgan fingerprint density at radius 1 is 1.32 bits per heavy atom. The van der Waals surface area contributed by atoms with Crippen LogP contribution in [0.4, 0.5) is 0 Å². The number of piperidine rings is 2. The molecular formula is C19H25ClN2O3. The Morgan fingerprint density at radius 2 is 2.12 bits per heavy atom. The van der Waals surface area contributed by atoms with Gasteiger partial charge < -0.3 is 14.9 Å². The Hall–Kier alpha value is -1.75. The third-order valence-corrected chi connectivity index (χ3v) is 5.81. The summed E-state index contributed by atoms with van der Waals surface area (Å²) in [5.74, 6) is 0.345. The van der Waals surface area contributed by atoms with Gasteiger partial charge in [-0.05, 0) is 43.9 Å². The molecule has 1 atom stereocenters. The van der Waals surface area contributed by atoms with Gasteiger partial charge >= 0.3 is 0 Å². The Morgan fingerprint density at radius 3 is 2.84 bits per heavy atom. The number of hydrogen-bond donors (Lipinski definition) is 1. The summed E-state index contributed by atoms with van der Waals surface area (Å²) in [7, 11) is 0. The molecule has 1 aromatic carbocycles. The molecule has 0 aliphatic carbocycles. The lowest BCUT2D eigenvalue weighted by Crippen LogP contribution is -2.55. The van der Waals surface area contributed by atoms with Crippen molar-refractivity contribution in [2.45, 2.75) is 39.0 Å². The van der Waals surface area contributed by atoms with Crippen LogP contribution in [0, 0.1) is 5.41 Å². The van der Waals surface area contributed by atoms with Crippen LogP contribution >= 0.6 is 11.6 Å². The number of rotatable bonds is 3. The van der Waals surface area contributed by atoms with E-state index in [1.54, 1.807) is 12.1 Å². The van der Waals surface area contributed by atoms with Gasteiger partial charge in [-0.3, -0.25) is 9.59 Å². The van der Waals surface area contributed by atoms with Crippen molar-refractivity contribution >= 4 is 23.4 Å². The minimum atomic E-state index is 0.0290. The summed E-state index contributed by atoms with van der Waals surface area (Å²) in [5, 5.41) is 9.77. The SMILES string of the molecule is CCN1CC2(CCCN(C(=O)Cc3ccc(O)c(Cl)c3)C2)CCC1=O. The molecule has 0 aromatic heterocycles. The average Bonchev–Trinajstić information content (AvgIpc) is 2.60. The lowest BCUT2D eigenvalue weighted by molar-refractivity contribution is -0.142. The minimum absolute atomic E-state index is 0.0290. The molecule has 2 heterocycles. The predicted molar refractivity (Wildman–Crippen MR) is 96.6 cm³/mol. The summed E-state index contributed by atoms with van der Waals surface area (Å²) in [4.78, 5) is 28.6. The number of aromatic hydroxyl groups is 1. The summed E-state index contributed by atoms with van der Waals surface area (Å²) >= 11 is 5.93. The van der Waals surface area contributed by atoms with E-state index in [2.05, 4.69) is 0 Å². The van der Waals surface area contributed by atoms with Crippen molar-refractivity contribution < 1.29 is 14.7 Å². The third kappa shape index (κ3) is 3.92. The first kappa shape index (κ1) is 18.1. The summed E-state index contributed by atoms with van der Waals surface area (Å²) < 4.78 is 0. The van der Waals surface area contributed by atoms with E-state index in [-0.39, 0.29) is 34.4 Å². The summed E-state index contributed by atoms with van der Waals surface area (Å²) in [6.45, 7) is 5.00. The first-order chi connectivity index (χ1) is 11.9. The van der Waals surface area contributed by atoms with Crippen LogP contribution in [0.15, 0.2) is 18.2 Å². The van der Waals surface area contributed by atoms with Crippen molar-refractivity contribution in [2.75, 3.05) is 26.2 Å². The second-order valence-electron chi connectivity index (χ2n) is 7.29. The molecule has 2 aliphatic rings. The van der Waals surface area contributed by atoms with E-state index >= 15 is 0 Å². The molecule has 0 bridgehead atoms. The zero-order valence-electron chi connectivity index (χ0n) is 14.6. The molecule has 136 valence electrons. The maximum atomic E-state index is 12.7. The number of benzene rings is 1. The number of amides is 2. The van der Waals surface area contributed by atoms with Gasteiger partial charge in [0.2, 0.25) is 11.8 Å². The largest absolute Gasteiger partial charge is 0.506 e. The number of halogens is 1. The standard InChI is InChI=1S/C19H25ClN2O3/c1-2-21-12-19(8-6-17(21)24)7-3-9-22(13-19)18(25)11-14-4-5-16(23)15(20)10-14/h4-5,10,23H,2-3,6-9,11-13H2,1H3. The number of likely N-dealkylation sites (tertiary alicyclic amines) is 2. The first-order valence-corrected chi connectivity index (χ1v) is 9.33. The fraction of sp³-hybridized carbons (Fsp3) is 0.579. The van der Waals surface area contributed by atoms with Crippen LogP contribution in [0.25, 0.3) is 0 Å². The molecule has 1 aromatic rings. The summed E-state index contributed by atoms with van der Waals surface area (Å²) in [6, 6.07) is 4.90. The highest BCUT2D eigenvalue weighted by molar-refractivity contribution is 6.32. The fourth-order valence-corrected chi connectivity index (χ4v) is 4.29. The van der Waals surface area contributed by atoms with E-state index in [1.807, 2.05) is 16.7 Å². The number of hydrogen-bond acceptors (Lipinski definition) is 3. The number of phenols is 1. The molecule has 1 N–H and O–H groups in total. The number of phenolic OH excluding ortho intramolecular Hbond substituents is 1. The van der Waals surface area contributed by atoms with E-state index < -0.39 is 0 Å². The van der Waals surface area contributed by atoms with Gasteiger partial charge in [0, 0.05) is 38.0 Å². The molecule has 6 heteroatoms. The van der Waals surface area contributed by atoms with Gasteiger partial charge in [0.25, 0.3) is 0 Å². The minimum Gasteiger partial charge on any atom is -0.506 e. The number of nitrogens with zero attached hydrogens (tertiary/aromatic N) is 2. The number of carbonyl (C=O) groups excluding carboxylic acids is 2. The van der Waals surface area contributed by atoms with Gasteiger partial charge in [-0.1, -0.05) is 17.7 Å². The van der Waals surface area contributed by atoms with Gasteiger partial charge in [-0.2, -0.15) is 0 Å². The molecule has 25 heavy (non-hydrogen) atoms. The zero-order valence-corrected chi connectivity index (χ0v) is 15.4. The normalized spacial score (nSPS) is 24.0. The molecule has 0 saturated carbocycles. The molecule has 1 spiro atoms. The van der Waals surface area contributed by atoms with Gasteiger partial charge in [-0.15, -0.1) is 0 Å². The summed E-state index contributed by atoms with van der Waals surface area (Å²) in [5.41, 5.74) is 0.853. The van der Waals surface area contributed by atoms with Crippen molar-refractivity contribution in [1.29, 1.82) is 0 Å². The van der Waals surface area contributed by atoms with Crippen molar-refractivity contribution in [3.63, 3.8) is 0 Å².